The predicted octanol–water partition coefficient (Wildman–Crippen LogP) is 3.68. The normalized spacial score (nSPS) is 17.1. The van der Waals surface area contributed by atoms with Gasteiger partial charge in [0.15, 0.2) is 0 Å². The first-order chi connectivity index (χ1) is 9.85. The fraction of sp³-hybridized carbons (Fsp3) is 0.278. The van der Waals surface area contributed by atoms with Crippen LogP contribution in [0.15, 0.2) is 48.5 Å². The molecule has 0 aliphatic carbocycles. The summed E-state index contributed by atoms with van der Waals surface area (Å²) in [6, 6.07) is 16.2. The molecule has 1 unspecified atom stereocenters. The van der Waals surface area contributed by atoms with Crippen molar-refractivity contribution >= 4 is 6.29 Å². The van der Waals surface area contributed by atoms with E-state index in [9.17, 15) is 4.79 Å². The summed E-state index contributed by atoms with van der Waals surface area (Å²) in [7, 11) is 0. The molecule has 2 aromatic carbocycles. The van der Waals surface area contributed by atoms with Gasteiger partial charge < -0.3 is 4.74 Å². The summed E-state index contributed by atoms with van der Waals surface area (Å²) >= 11 is 0. The van der Waals surface area contributed by atoms with Gasteiger partial charge in [-0.1, -0.05) is 30.3 Å². The number of hydrogen-bond acceptors (Lipinski definition) is 2. The summed E-state index contributed by atoms with van der Waals surface area (Å²) in [4.78, 5) is 10.8. The first kappa shape index (κ1) is 12.9. The Morgan fingerprint density at radius 1 is 1.15 bits per heavy atom. The van der Waals surface area contributed by atoms with Gasteiger partial charge in [-0.05, 0) is 54.5 Å². The van der Waals surface area contributed by atoms with Crippen molar-refractivity contribution in [2.75, 3.05) is 6.61 Å². The molecule has 2 aromatic rings. The summed E-state index contributed by atoms with van der Waals surface area (Å²) in [6.07, 6.45) is 4.10. The van der Waals surface area contributed by atoms with E-state index in [4.69, 9.17) is 4.74 Å². The molecule has 0 N–H and O–H groups in total. The first-order valence-corrected chi connectivity index (χ1v) is 7.10. The summed E-state index contributed by atoms with van der Waals surface area (Å²) in [6.45, 7) is 0.778. The number of aryl methyl sites for hydroxylation is 1. The van der Waals surface area contributed by atoms with Crippen LogP contribution in [0.4, 0.5) is 0 Å². The monoisotopic (exact) mass is 266 g/mol. The molecule has 1 aliphatic heterocycles. The molecule has 0 radical (unpaired) electrons. The Hall–Kier alpha value is -2.09. The Labute approximate surface area is 119 Å². The van der Waals surface area contributed by atoms with Crippen LogP contribution in [-0.4, -0.2) is 12.9 Å². The van der Waals surface area contributed by atoms with Gasteiger partial charge in [0, 0.05) is 5.56 Å². The number of aldehydes is 1. The smallest absolute Gasteiger partial charge is 0.150 e. The van der Waals surface area contributed by atoms with Gasteiger partial charge >= 0.3 is 0 Å². The quantitative estimate of drug-likeness (QED) is 0.789. The molecular weight excluding hydrogens is 248 g/mol. The third kappa shape index (κ3) is 2.90. The molecule has 20 heavy (non-hydrogen) atoms. The molecule has 1 heterocycles. The largest absolute Gasteiger partial charge is 0.493 e. The second-order valence-electron chi connectivity index (χ2n) is 5.39. The highest BCUT2D eigenvalue weighted by atomic mass is 16.5. The minimum absolute atomic E-state index is 0.532. The lowest BCUT2D eigenvalue weighted by molar-refractivity contribution is 0.112. The van der Waals surface area contributed by atoms with Crippen LogP contribution >= 0.6 is 0 Å². The molecule has 102 valence electrons. The average Bonchev–Trinajstić information content (AvgIpc) is 2.53. The highest BCUT2D eigenvalue weighted by Gasteiger charge is 2.19. The molecule has 0 amide bonds. The van der Waals surface area contributed by atoms with Gasteiger partial charge in [0.2, 0.25) is 0 Å². The Bertz CT molecular complexity index is 590. The van der Waals surface area contributed by atoms with Crippen LogP contribution in [0.5, 0.6) is 5.75 Å². The van der Waals surface area contributed by atoms with Crippen molar-refractivity contribution < 1.29 is 9.53 Å². The molecule has 0 spiro atoms. The zero-order valence-corrected chi connectivity index (χ0v) is 11.4. The number of fused-ring (bicyclic) bond motifs is 1. The number of carbonyl (C=O) groups is 1. The van der Waals surface area contributed by atoms with Gasteiger partial charge in [0.05, 0.1) is 6.61 Å². The zero-order valence-electron chi connectivity index (χ0n) is 11.4. The lowest BCUT2D eigenvalue weighted by Gasteiger charge is -2.25. The molecule has 0 fully saturated rings. The van der Waals surface area contributed by atoms with E-state index in [-0.39, 0.29) is 0 Å². The minimum atomic E-state index is 0.532. The van der Waals surface area contributed by atoms with Gasteiger partial charge in [0.1, 0.15) is 12.0 Å². The molecule has 2 heteroatoms. The molecule has 0 bridgehead atoms. The van der Waals surface area contributed by atoms with E-state index < -0.39 is 0 Å². The predicted molar refractivity (Wildman–Crippen MR) is 79.3 cm³/mol. The third-order valence-electron chi connectivity index (χ3n) is 3.89. The standard InChI is InChI=1S/C18H18O2/c19-12-15-8-9-18-17(10-15)11-16(13-20-18)7-6-14-4-2-1-3-5-14/h1-5,8-10,12,16H,6-7,11,13H2. The molecular formula is C18H18O2. The van der Waals surface area contributed by atoms with Gasteiger partial charge in [-0.25, -0.2) is 0 Å². The Kier molecular flexibility index (Phi) is 3.82. The summed E-state index contributed by atoms with van der Waals surface area (Å²) in [5, 5.41) is 0. The fourth-order valence-corrected chi connectivity index (χ4v) is 2.75. The summed E-state index contributed by atoms with van der Waals surface area (Å²) < 4.78 is 5.81. The average molecular weight is 266 g/mol. The van der Waals surface area contributed by atoms with E-state index in [1.807, 2.05) is 24.3 Å². The first-order valence-electron chi connectivity index (χ1n) is 7.10. The maximum absolute atomic E-state index is 10.8. The lowest BCUT2D eigenvalue weighted by atomic mass is 9.90. The molecule has 0 aromatic heterocycles. The molecule has 2 nitrogen and oxygen atoms in total. The van der Waals surface area contributed by atoms with Gasteiger partial charge in [-0.2, -0.15) is 0 Å². The molecule has 0 saturated heterocycles. The maximum atomic E-state index is 10.8. The van der Waals surface area contributed by atoms with Crippen LogP contribution in [0, 0.1) is 5.92 Å². The summed E-state index contributed by atoms with van der Waals surface area (Å²) in [5.74, 6) is 1.47. The fourth-order valence-electron chi connectivity index (χ4n) is 2.75. The second-order valence-corrected chi connectivity index (χ2v) is 5.39. The van der Waals surface area contributed by atoms with Crippen molar-refractivity contribution in [3.8, 4) is 5.75 Å². The van der Waals surface area contributed by atoms with Gasteiger partial charge in [0.25, 0.3) is 0 Å². The van der Waals surface area contributed by atoms with Gasteiger partial charge in [-0.15, -0.1) is 0 Å². The highest BCUT2D eigenvalue weighted by Crippen LogP contribution is 2.29. The topological polar surface area (TPSA) is 26.3 Å². The molecule has 3 rings (SSSR count). The number of ether oxygens (including phenoxy) is 1. The highest BCUT2D eigenvalue weighted by molar-refractivity contribution is 5.75. The number of hydrogen-bond donors (Lipinski definition) is 0. The van der Waals surface area contributed by atoms with Gasteiger partial charge in [-0.3, -0.25) is 4.79 Å². The van der Waals surface area contributed by atoms with Crippen molar-refractivity contribution in [3.63, 3.8) is 0 Å². The third-order valence-corrected chi connectivity index (χ3v) is 3.89. The van der Waals surface area contributed by atoms with Crippen LogP contribution in [-0.2, 0) is 12.8 Å². The summed E-state index contributed by atoms with van der Waals surface area (Å²) in [5.41, 5.74) is 3.27. The van der Waals surface area contributed by atoms with E-state index in [0.717, 1.165) is 43.5 Å². The van der Waals surface area contributed by atoms with E-state index in [2.05, 4.69) is 24.3 Å². The van der Waals surface area contributed by atoms with Crippen molar-refractivity contribution in [1.82, 2.24) is 0 Å². The van der Waals surface area contributed by atoms with Crippen molar-refractivity contribution in [1.29, 1.82) is 0 Å². The van der Waals surface area contributed by atoms with Crippen LogP contribution in [0.3, 0.4) is 0 Å². The minimum Gasteiger partial charge on any atom is -0.493 e. The molecule has 1 atom stereocenters. The van der Waals surface area contributed by atoms with Crippen LogP contribution in [0.1, 0.15) is 27.9 Å². The molecule has 1 aliphatic rings. The van der Waals surface area contributed by atoms with E-state index >= 15 is 0 Å². The van der Waals surface area contributed by atoms with E-state index in [1.165, 1.54) is 11.1 Å². The van der Waals surface area contributed by atoms with Crippen molar-refractivity contribution in [2.45, 2.75) is 19.3 Å². The maximum Gasteiger partial charge on any atom is 0.150 e. The van der Waals surface area contributed by atoms with Crippen LogP contribution in [0.25, 0.3) is 0 Å². The number of rotatable bonds is 4. The number of carbonyl (C=O) groups excluding carboxylic acids is 1. The zero-order chi connectivity index (χ0) is 13.8. The Morgan fingerprint density at radius 2 is 2.00 bits per heavy atom. The lowest BCUT2D eigenvalue weighted by Crippen LogP contribution is -2.21. The van der Waals surface area contributed by atoms with E-state index in [1.54, 1.807) is 0 Å². The van der Waals surface area contributed by atoms with Crippen molar-refractivity contribution in [3.05, 3.63) is 65.2 Å². The Balaban J connectivity index is 1.64. The molecule has 0 saturated carbocycles. The van der Waals surface area contributed by atoms with Crippen LogP contribution in [0.2, 0.25) is 0 Å². The second kappa shape index (κ2) is 5.91. The van der Waals surface area contributed by atoms with E-state index in [0.29, 0.717) is 5.92 Å². The SMILES string of the molecule is O=Cc1ccc2c(c1)CC(CCc1ccccc1)CO2. The van der Waals surface area contributed by atoms with Crippen LogP contribution < -0.4 is 4.74 Å². The number of benzene rings is 2. The van der Waals surface area contributed by atoms with Crippen molar-refractivity contribution in [2.24, 2.45) is 5.92 Å². The Morgan fingerprint density at radius 3 is 2.80 bits per heavy atom.